The van der Waals surface area contributed by atoms with Gasteiger partial charge in [-0.1, -0.05) is 41.4 Å². The molecule has 3 aromatic rings. The van der Waals surface area contributed by atoms with Crippen molar-refractivity contribution in [1.82, 2.24) is 5.32 Å². The predicted molar refractivity (Wildman–Crippen MR) is 150 cm³/mol. The summed E-state index contributed by atoms with van der Waals surface area (Å²) in [6, 6.07) is 15.8. The van der Waals surface area contributed by atoms with E-state index >= 15 is 0 Å². The van der Waals surface area contributed by atoms with Crippen LogP contribution in [0.3, 0.4) is 0 Å². The number of anilines is 1. The van der Waals surface area contributed by atoms with Gasteiger partial charge in [0.2, 0.25) is 0 Å². The highest BCUT2D eigenvalue weighted by Gasteiger charge is 2.37. The minimum Gasteiger partial charge on any atom is -0.490 e. The Labute approximate surface area is 236 Å². The van der Waals surface area contributed by atoms with Gasteiger partial charge in [-0.15, -0.1) is 0 Å². The SMILES string of the molecule is CCOC(=O)c1ccc(N2C(=O)NC(=O)/C(=C\c3cc(Cl)c(OCc4cccc(C)c4)c(OCC)c3)C2=O)cc1. The molecular formula is C30H27ClN2O7. The van der Waals surface area contributed by atoms with Gasteiger partial charge in [-0.05, 0) is 74.4 Å². The Morgan fingerprint density at radius 1 is 0.975 bits per heavy atom. The molecule has 0 saturated carbocycles. The minimum absolute atomic E-state index is 0.168. The number of imide groups is 2. The summed E-state index contributed by atoms with van der Waals surface area (Å²) in [6.07, 6.45) is 1.32. The first-order valence-electron chi connectivity index (χ1n) is 12.5. The molecule has 10 heteroatoms. The van der Waals surface area contributed by atoms with Gasteiger partial charge in [-0.2, -0.15) is 0 Å². The second-order valence-electron chi connectivity index (χ2n) is 8.77. The monoisotopic (exact) mass is 562 g/mol. The van der Waals surface area contributed by atoms with E-state index in [2.05, 4.69) is 5.32 Å². The number of nitrogens with zero attached hydrogens (tertiary/aromatic N) is 1. The van der Waals surface area contributed by atoms with Crippen LogP contribution < -0.4 is 19.7 Å². The molecule has 4 rings (SSSR count). The van der Waals surface area contributed by atoms with Crippen molar-refractivity contribution in [2.75, 3.05) is 18.1 Å². The van der Waals surface area contributed by atoms with Crippen LogP contribution in [-0.4, -0.2) is 37.0 Å². The highest BCUT2D eigenvalue weighted by Crippen LogP contribution is 2.38. The molecule has 0 bridgehead atoms. The number of urea groups is 1. The van der Waals surface area contributed by atoms with Gasteiger partial charge in [0.25, 0.3) is 11.8 Å². The zero-order valence-corrected chi connectivity index (χ0v) is 22.9. The molecule has 4 amide bonds. The number of carbonyl (C=O) groups excluding carboxylic acids is 4. The van der Waals surface area contributed by atoms with Crippen LogP contribution in [0.4, 0.5) is 10.5 Å². The van der Waals surface area contributed by atoms with Crippen molar-refractivity contribution in [3.8, 4) is 11.5 Å². The highest BCUT2D eigenvalue weighted by atomic mass is 35.5. The van der Waals surface area contributed by atoms with Crippen molar-refractivity contribution in [3.63, 3.8) is 0 Å². The Morgan fingerprint density at radius 2 is 1.73 bits per heavy atom. The molecule has 0 aromatic heterocycles. The lowest BCUT2D eigenvalue weighted by Gasteiger charge is -2.26. The van der Waals surface area contributed by atoms with Gasteiger partial charge < -0.3 is 14.2 Å². The van der Waals surface area contributed by atoms with Crippen LogP contribution >= 0.6 is 11.6 Å². The summed E-state index contributed by atoms with van der Waals surface area (Å²) in [5, 5.41) is 2.39. The van der Waals surface area contributed by atoms with E-state index in [0.717, 1.165) is 16.0 Å². The lowest BCUT2D eigenvalue weighted by atomic mass is 10.1. The number of barbiturate groups is 1. The zero-order chi connectivity index (χ0) is 28.8. The van der Waals surface area contributed by atoms with Crippen molar-refractivity contribution < 1.29 is 33.4 Å². The Morgan fingerprint density at radius 3 is 2.40 bits per heavy atom. The molecule has 0 aliphatic carbocycles. The van der Waals surface area contributed by atoms with Gasteiger partial charge in [-0.25, -0.2) is 14.5 Å². The van der Waals surface area contributed by atoms with Crippen LogP contribution in [0.5, 0.6) is 11.5 Å². The lowest BCUT2D eigenvalue weighted by Crippen LogP contribution is -2.54. The summed E-state index contributed by atoms with van der Waals surface area (Å²) in [6.45, 7) is 6.26. The van der Waals surface area contributed by atoms with Gasteiger partial charge >= 0.3 is 12.0 Å². The number of hydrogen-bond donors (Lipinski definition) is 1. The van der Waals surface area contributed by atoms with Crippen LogP contribution in [-0.2, 0) is 20.9 Å². The first-order chi connectivity index (χ1) is 19.2. The van der Waals surface area contributed by atoms with Crippen molar-refractivity contribution >= 4 is 47.2 Å². The minimum atomic E-state index is -0.913. The summed E-state index contributed by atoms with van der Waals surface area (Å²) in [5.41, 5.74) is 2.57. The molecule has 206 valence electrons. The number of rotatable bonds is 9. The number of carbonyl (C=O) groups is 4. The standard InChI is InChI=1S/C30H27ClN2O7/c1-4-38-25-16-20(15-24(31)26(25)40-17-19-8-6-7-18(3)13-19)14-23-27(34)32-30(37)33(28(23)35)22-11-9-21(10-12-22)29(36)39-5-2/h6-16H,4-5,17H2,1-3H3,(H,32,34,37)/b23-14+. The maximum atomic E-state index is 13.3. The molecule has 1 aliphatic heterocycles. The summed E-state index contributed by atoms with van der Waals surface area (Å²) in [5.74, 6) is -1.58. The second kappa shape index (κ2) is 12.5. The number of amides is 4. The first-order valence-corrected chi connectivity index (χ1v) is 12.9. The van der Waals surface area contributed by atoms with E-state index in [0.29, 0.717) is 23.7 Å². The molecule has 1 fully saturated rings. The van der Waals surface area contributed by atoms with Crippen molar-refractivity contribution in [2.24, 2.45) is 0 Å². The van der Waals surface area contributed by atoms with E-state index in [1.165, 1.54) is 36.4 Å². The van der Waals surface area contributed by atoms with E-state index in [9.17, 15) is 19.2 Å². The number of halogens is 1. The van der Waals surface area contributed by atoms with Crippen molar-refractivity contribution in [1.29, 1.82) is 0 Å². The van der Waals surface area contributed by atoms with Gasteiger partial charge in [-0.3, -0.25) is 14.9 Å². The summed E-state index contributed by atoms with van der Waals surface area (Å²) < 4.78 is 16.7. The third-order valence-corrected chi connectivity index (χ3v) is 6.13. The Hall–Kier alpha value is -4.63. The van der Waals surface area contributed by atoms with E-state index in [1.54, 1.807) is 19.9 Å². The molecule has 3 aromatic carbocycles. The average molecular weight is 563 g/mol. The zero-order valence-electron chi connectivity index (χ0n) is 22.2. The second-order valence-corrected chi connectivity index (χ2v) is 9.17. The van der Waals surface area contributed by atoms with Gasteiger partial charge in [0.05, 0.1) is 29.5 Å². The Balaban J connectivity index is 1.62. The summed E-state index contributed by atoms with van der Waals surface area (Å²) in [4.78, 5) is 51.3. The number of benzene rings is 3. The molecule has 0 atom stereocenters. The third kappa shape index (κ3) is 6.32. The molecule has 1 aliphatic rings. The Bertz CT molecular complexity index is 1500. The van der Waals surface area contributed by atoms with E-state index in [1.807, 2.05) is 31.2 Å². The molecule has 0 unspecified atom stereocenters. The topological polar surface area (TPSA) is 111 Å². The number of esters is 1. The Kier molecular flexibility index (Phi) is 8.86. The molecule has 1 heterocycles. The van der Waals surface area contributed by atoms with Gasteiger partial charge in [0.1, 0.15) is 12.2 Å². The predicted octanol–water partition coefficient (Wildman–Crippen LogP) is 5.47. The van der Waals surface area contributed by atoms with E-state index < -0.39 is 23.8 Å². The molecule has 40 heavy (non-hydrogen) atoms. The molecule has 1 saturated heterocycles. The third-order valence-electron chi connectivity index (χ3n) is 5.85. The quantitative estimate of drug-likeness (QED) is 0.209. The fourth-order valence-corrected chi connectivity index (χ4v) is 4.33. The average Bonchev–Trinajstić information content (AvgIpc) is 2.91. The number of aryl methyl sites for hydroxylation is 1. The molecule has 0 radical (unpaired) electrons. The largest absolute Gasteiger partial charge is 0.490 e. The number of nitrogens with one attached hydrogen (secondary N) is 1. The van der Waals surface area contributed by atoms with Crippen LogP contribution in [0.2, 0.25) is 5.02 Å². The van der Waals surface area contributed by atoms with E-state index in [-0.39, 0.29) is 35.1 Å². The smallest absolute Gasteiger partial charge is 0.338 e. The first kappa shape index (κ1) is 28.4. The van der Waals surface area contributed by atoms with Crippen LogP contribution in [0.1, 0.15) is 40.9 Å². The molecular weight excluding hydrogens is 536 g/mol. The summed E-state index contributed by atoms with van der Waals surface area (Å²) in [7, 11) is 0. The van der Waals surface area contributed by atoms with Gasteiger partial charge in [0.15, 0.2) is 11.5 Å². The molecule has 1 N–H and O–H groups in total. The fourth-order valence-electron chi connectivity index (χ4n) is 4.05. The number of hydrogen-bond acceptors (Lipinski definition) is 7. The maximum Gasteiger partial charge on any atom is 0.338 e. The fraction of sp³-hybridized carbons (Fsp3) is 0.200. The highest BCUT2D eigenvalue weighted by molar-refractivity contribution is 6.39. The maximum absolute atomic E-state index is 13.3. The van der Waals surface area contributed by atoms with Crippen LogP contribution in [0, 0.1) is 6.92 Å². The molecule has 9 nitrogen and oxygen atoms in total. The van der Waals surface area contributed by atoms with Gasteiger partial charge in [0, 0.05) is 0 Å². The number of ether oxygens (including phenoxy) is 3. The van der Waals surface area contributed by atoms with E-state index in [4.69, 9.17) is 25.8 Å². The lowest BCUT2D eigenvalue weighted by molar-refractivity contribution is -0.122. The van der Waals surface area contributed by atoms with Crippen molar-refractivity contribution in [2.45, 2.75) is 27.4 Å². The summed E-state index contributed by atoms with van der Waals surface area (Å²) >= 11 is 6.55. The van der Waals surface area contributed by atoms with Crippen molar-refractivity contribution in [3.05, 3.63) is 93.5 Å². The van der Waals surface area contributed by atoms with Crippen LogP contribution in [0.15, 0.2) is 66.2 Å². The molecule has 0 spiro atoms. The normalized spacial score (nSPS) is 14.2. The van der Waals surface area contributed by atoms with Crippen LogP contribution in [0.25, 0.3) is 6.08 Å².